The lowest BCUT2D eigenvalue weighted by Crippen LogP contribution is -2.58. The van der Waals surface area contributed by atoms with Crippen LogP contribution in [0.15, 0.2) is 12.1 Å². The monoisotopic (exact) mass is 330 g/mol. The summed E-state index contributed by atoms with van der Waals surface area (Å²) in [6.45, 7) is 8.81. The summed E-state index contributed by atoms with van der Waals surface area (Å²) < 4.78 is 5.98. The molecular weight excluding hydrogens is 311 g/mol. The maximum Gasteiger partial charge on any atom is 0.255 e. The second kappa shape index (κ2) is 5.34. The van der Waals surface area contributed by atoms with Crippen molar-refractivity contribution in [2.75, 3.05) is 18.8 Å². The molecule has 1 aromatic rings. The van der Waals surface area contributed by atoms with Crippen molar-refractivity contribution < 1.29 is 9.53 Å². The highest BCUT2D eigenvalue weighted by Crippen LogP contribution is 2.33. The van der Waals surface area contributed by atoms with E-state index in [4.69, 9.17) is 33.7 Å². The standard InChI is InChI=1S/C15H20Cl2N2O2/c1-14(2)7-19(8-15(3,4)21-14)13(20)10-5-9(18)6-11(16)12(10)17/h5-6H,7-8,18H2,1-4H3. The van der Waals surface area contributed by atoms with Gasteiger partial charge in [0.05, 0.1) is 26.8 Å². The maximum atomic E-state index is 12.8. The first kappa shape index (κ1) is 16.4. The summed E-state index contributed by atoms with van der Waals surface area (Å²) in [7, 11) is 0. The van der Waals surface area contributed by atoms with Gasteiger partial charge in [-0.05, 0) is 39.8 Å². The topological polar surface area (TPSA) is 55.6 Å². The van der Waals surface area contributed by atoms with Crippen LogP contribution in [-0.4, -0.2) is 35.1 Å². The van der Waals surface area contributed by atoms with Crippen molar-refractivity contribution in [3.05, 3.63) is 27.7 Å². The molecule has 0 saturated carbocycles. The number of carbonyl (C=O) groups is 1. The van der Waals surface area contributed by atoms with Crippen LogP contribution in [0, 0.1) is 0 Å². The molecule has 0 bridgehead atoms. The molecule has 2 rings (SSSR count). The summed E-state index contributed by atoms with van der Waals surface area (Å²) in [5.41, 5.74) is 5.66. The number of rotatable bonds is 1. The molecule has 6 heteroatoms. The zero-order valence-corrected chi connectivity index (χ0v) is 14.2. The SMILES string of the molecule is CC1(C)CN(C(=O)c2cc(N)cc(Cl)c2Cl)CC(C)(C)O1. The number of benzene rings is 1. The molecule has 0 radical (unpaired) electrons. The number of hydrogen-bond donors (Lipinski definition) is 1. The van der Waals surface area contributed by atoms with Gasteiger partial charge in [-0.25, -0.2) is 0 Å². The number of morpholine rings is 1. The van der Waals surface area contributed by atoms with Crippen molar-refractivity contribution in [3.8, 4) is 0 Å². The van der Waals surface area contributed by atoms with Gasteiger partial charge < -0.3 is 15.4 Å². The van der Waals surface area contributed by atoms with Crippen molar-refractivity contribution in [1.29, 1.82) is 0 Å². The van der Waals surface area contributed by atoms with E-state index in [9.17, 15) is 4.79 Å². The van der Waals surface area contributed by atoms with Gasteiger partial charge in [0.2, 0.25) is 0 Å². The average Bonchev–Trinajstić information content (AvgIpc) is 2.29. The lowest BCUT2D eigenvalue weighted by Gasteiger charge is -2.47. The number of amides is 1. The van der Waals surface area contributed by atoms with Gasteiger partial charge >= 0.3 is 0 Å². The number of carbonyl (C=O) groups excluding carboxylic acids is 1. The molecule has 4 nitrogen and oxygen atoms in total. The molecule has 0 aromatic heterocycles. The fourth-order valence-electron chi connectivity index (χ4n) is 2.87. The summed E-state index contributed by atoms with van der Waals surface area (Å²) in [4.78, 5) is 14.5. The Morgan fingerprint density at radius 1 is 1.19 bits per heavy atom. The molecule has 1 aliphatic rings. The molecule has 0 aliphatic carbocycles. The number of anilines is 1. The minimum Gasteiger partial charge on any atom is -0.399 e. The largest absolute Gasteiger partial charge is 0.399 e. The summed E-state index contributed by atoms with van der Waals surface area (Å²) in [5, 5.41) is 0.518. The third-order valence-electron chi connectivity index (χ3n) is 3.26. The van der Waals surface area contributed by atoms with Gasteiger partial charge in [0.15, 0.2) is 0 Å². The number of halogens is 2. The molecule has 116 valence electrons. The second-order valence-electron chi connectivity index (χ2n) is 6.65. The van der Waals surface area contributed by atoms with Gasteiger partial charge in [-0.1, -0.05) is 23.2 Å². The summed E-state index contributed by atoms with van der Waals surface area (Å²) in [6.07, 6.45) is 0. The molecule has 2 N–H and O–H groups in total. The molecule has 21 heavy (non-hydrogen) atoms. The minimum atomic E-state index is -0.423. The zero-order valence-electron chi connectivity index (χ0n) is 12.7. The van der Waals surface area contributed by atoms with Crippen LogP contribution in [-0.2, 0) is 4.74 Å². The Balaban J connectivity index is 2.36. The van der Waals surface area contributed by atoms with Crippen LogP contribution in [0.5, 0.6) is 0 Å². The Hall–Kier alpha value is -0.970. The molecule has 0 unspecified atom stereocenters. The predicted molar refractivity (Wildman–Crippen MR) is 86.0 cm³/mol. The molecule has 1 aromatic carbocycles. The van der Waals surface area contributed by atoms with Crippen LogP contribution in [0.1, 0.15) is 38.1 Å². The van der Waals surface area contributed by atoms with E-state index in [1.54, 1.807) is 11.0 Å². The highest BCUT2D eigenvalue weighted by atomic mass is 35.5. The maximum absolute atomic E-state index is 12.8. The van der Waals surface area contributed by atoms with E-state index in [0.29, 0.717) is 24.3 Å². The second-order valence-corrected chi connectivity index (χ2v) is 7.43. The number of nitrogens with two attached hydrogens (primary N) is 1. The average molecular weight is 331 g/mol. The van der Waals surface area contributed by atoms with Crippen molar-refractivity contribution in [2.24, 2.45) is 0 Å². The van der Waals surface area contributed by atoms with Crippen LogP contribution in [0.25, 0.3) is 0 Å². The fourth-order valence-corrected chi connectivity index (χ4v) is 3.29. The summed E-state index contributed by atoms with van der Waals surface area (Å²) >= 11 is 12.2. The molecular formula is C15H20Cl2N2O2. The van der Waals surface area contributed by atoms with E-state index < -0.39 is 11.2 Å². The van der Waals surface area contributed by atoms with E-state index in [0.717, 1.165) is 0 Å². The van der Waals surface area contributed by atoms with Gasteiger partial charge in [-0.15, -0.1) is 0 Å². The molecule has 1 fully saturated rings. The Morgan fingerprint density at radius 3 is 2.24 bits per heavy atom. The van der Waals surface area contributed by atoms with E-state index >= 15 is 0 Å². The number of hydrogen-bond acceptors (Lipinski definition) is 3. The summed E-state index contributed by atoms with van der Waals surface area (Å²) in [5.74, 6) is -0.182. The molecule has 0 spiro atoms. The third-order valence-corrected chi connectivity index (χ3v) is 4.07. The highest BCUT2D eigenvalue weighted by molar-refractivity contribution is 6.44. The lowest BCUT2D eigenvalue weighted by molar-refractivity contribution is -0.171. The Bertz CT molecular complexity index is 569. The smallest absolute Gasteiger partial charge is 0.255 e. The van der Waals surface area contributed by atoms with Crippen molar-refractivity contribution >= 4 is 34.8 Å². The normalized spacial score (nSPS) is 20.4. The Kier molecular flexibility index (Phi) is 4.17. The quantitative estimate of drug-likeness (QED) is 0.800. The number of nitrogens with zero attached hydrogens (tertiary/aromatic N) is 1. The lowest BCUT2D eigenvalue weighted by atomic mass is 9.98. The van der Waals surface area contributed by atoms with Crippen LogP contribution >= 0.6 is 23.2 Å². The third kappa shape index (κ3) is 3.62. The van der Waals surface area contributed by atoms with Gasteiger partial charge in [0.1, 0.15) is 0 Å². The number of nitrogen functional groups attached to an aromatic ring is 1. The predicted octanol–water partition coefficient (Wildman–Crippen LogP) is 3.61. The summed E-state index contributed by atoms with van der Waals surface area (Å²) in [6, 6.07) is 3.10. The van der Waals surface area contributed by atoms with Crippen LogP contribution in [0.4, 0.5) is 5.69 Å². The first-order chi connectivity index (χ1) is 9.51. The fraction of sp³-hybridized carbons (Fsp3) is 0.533. The van der Waals surface area contributed by atoms with Gasteiger partial charge in [-0.3, -0.25) is 4.79 Å². The highest BCUT2D eigenvalue weighted by Gasteiger charge is 2.40. The molecule has 1 heterocycles. The Labute approximate surface area is 135 Å². The number of ether oxygens (including phenoxy) is 1. The zero-order chi connectivity index (χ0) is 16.0. The van der Waals surface area contributed by atoms with E-state index in [1.807, 2.05) is 27.7 Å². The van der Waals surface area contributed by atoms with Crippen LogP contribution in [0.3, 0.4) is 0 Å². The van der Waals surface area contributed by atoms with Crippen LogP contribution in [0.2, 0.25) is 10.0 Å². The van der Waals surface area contributed by atoms with Gasteiger partial charge in [0, 0.05) is 18.8 Å². The van der Waals surface area contributed by atoms with Crippen LogP contribution < -0.4 is 5.73 Å². The van der Waals surface area contributed by atoms with Gasteiger partial charge in [0.25, 0.3) is 5.91 Å². The van der Waals surface area contributed by atoms with E-state index in [1.165, 1.54) is 6.07 Å². The minimum absolute atomic E-state index is 0.182. The van der Waals surface area contributed by atoms with E-state index in [-0.39, 0.29) is 16.0 Å². The first-order valence-corrected chi connectivity index (χ1v) is 7.50. The molecule has 1 saturated heterocycles. The molecule has 1 amide bonds. The van der Waals surface area contributed by atoms with Crippen molar-refractivity contribution in [3.63, 3.8) is 0 Å². The van der Waals surface area contributed by atoms with Crippen molar-refractivity contribution in [2.45, 2.75) is 38.9 Å². The molecule has 0 atom stereocenters. The first-order valence-electron chi connectivity index (χ1n) is 6.75. The van der Waals surface area contributed by atoms with Gasteiger partial charge in [-0.2, -0.15) is 0 Å². The Morgan fingerprint density at radius 2 is 1.71 bits per heavy atom. The van der Waals surface area contributed by atoms with Crippen molar-refractivity contribution in [1.82, 2.24) is 4.90 Å². The van der Waals surface area contributed by atoms with E-state index in [2.05, 4.69) is 0 Å². The molecule has 1 aliphatic heterocycles.